The Hall–Kier alpha value is -0.570. The van der Waals surface area contributed by atoms with E-state index in [0.29, 0.717) is 13.0 Å². The maximum atomic E-state index is 11.0. The quantitative estimate of drug-likeness (QED) is 0.486. The van der Waals surface area contributed by atoms with Gasteiger partial charge in [-0.15, -0.1) is 0 Å². The summed E-state index contributed by atoms with van der Waals surface area (Å²) in [6.45, 7) is 4.59. The van der Waals surface area contributed by atoms with E-state index in [2.05, 4.69) is 12.2 Å². The smallest absolute Gasteiger partial charge is 0.307 e. The molecule has 0 spiro atoms. The van der Waals surface area contributed by atoms with Crippen LogP contribution < -0.4 is 5.32 Å². The molecule has 3 nitrogen and oxygen atoms in total. The molecule has 3 heteroatoms. The molecule has 0 amide bonds. The average molecular weight is 173 g/mol. The molecule has 0 aliphatic rings. The van der Waals surface area contributed by atoms with Crippen molar-refractivity contribution in [2.75, 3.05) is 13.7 Å². The van der Waals surface area contributed by atoms with Crippen molar-refractivity contribution in [3.8, 4) is 0 Å². The van der Waals surface area contributed by atoms with Crippen molar-refractivity contribution in [2.24, 2.45) is 0 Å². The lowest BCUT2D eigenvalue weighted by atomic mass is 10.2. The van der Waals surface area contributed by atoms with Crippen LogP contribution in [0.5, 0.6) is 0 Å². The maximum absolute atomic E-state index is 11.0. The second-order valence-corrected chi connectivity index (χ2v) is 2.97. The predicted octanol–water partition coefficient (Wildman–Crippen LogP) is 1.33. The zero-order valence-corrected chi connectivity index (χ0v) is 8.22. The first-order valence-electron chi connectivity index (χ1n) is 4.53. The van der Waals surface area contributed by atoms with Gasteiger partial charge < -0.3 is 10.1 Å². The third kappa shape index (κ3) is 6.16. The molecule has 0 aromatic carbocycles. The van der Waals surface area contributed by atoms with E-state index >= 15 is 0 Å². The summed E-state index contributed by atoms with van der Waals surface area (Å²) in [5.74, 6) is -0.106. The number of hydrogen-bond donors (Lipinski definition) is 1. The van der Waals surface area contributed by atoms with Crippen LogP contribution in [0.2, 0.25) is 0 Å². The van der Waals surface area contributed by atoms with E-state index in [0.717, 1.165) is 12.8 Å². The Morgan fingerprint density at radius 2 is 2.25 bits per heavy atom. The molecular formula is C9H19NO2. The third-order valence-electron chi connectivity index (χ3n) is 1.73. The number of unbranched alkanes of at least 4 members (excludes halogenated alkanes) is 1. The van der Waals surface area contributed by atoms with Crippen LogP contribution in [0.4, 0.5) is 0 Å². The number of carbonyl (C=O) groups excluding carboxylic acids is 1. The summed E-state index contributed by atoms with van der Waals surface area (Å²) >= 11 is 0. The van der Waals surface area contributed by atoms with E-state index < -0.39 is 0 Å². The summed E-state index contributed by atoms with van der Waals surface area (Å²) in [5.41, 5.74) is 0. The minimum Gasteiger partial charge on any atom is -0.466 e. The second kappa shape index (κ2) is 7.10. The largest absolute Gasteiger partial charge is 0.466 e. The fraction of sp³-hybridized carbons (Fsp3) is 0.889. The van der Waals surface area contributed by atoms with Crippen LogP contribution in [0, 0.1) is 0 Å². The lowest BCUT2D eigenvalue weighted by Crippen LogP contribution is -2.25. The lowest BCUT2D eigenvalue weighted by Gasteiger charge is -2.09. The monoisotopic (exact) mass is 173 g/mol. The van der Waals surface area contributed by atoms with E-state index in [4.69, 9.17) is 4.74 Å². The van der Waals surface area contributed by atoms with Crippen LogP contribution in [0.25, 0.3) is 0 Å². The molecule has 0 saturated carbocycles. The van der Waals surface area contributed by atoms with Crippen LogP contribution in [0.1, 0.15) is 33.1 Å². The second-order valence-electron chi connectivity index (χ2n) is 2.97. The molecule has 1 atom stereocenters. The fourth-order valence-corrected chi connectivity index (χ4v) is 0.741. The zero-order chi connectivity index (χ0) is 9.40. The minimum absolute atomic E-state index is 0.106. The van der Waals surface area contributed by atoms with Gasteiger partial charge in [-0.2, -0.15) is 0 Å². The van der Waals surface area contributed by atoms with Crippen molar-refractivity contribution in [3.63, 3.8) is 0 Å². The highest BCUT2D eigenvalue weighted by atomic mass is 16.5. The predicted molar refractivity (Wildman–Crippen MR) is 49.0 cm³/mol. The van der Waals surface area contributed by atoms with Crippen molar-refractivity contribution in [3.05, 3.63) is 0 Å². The van der Waals surface area contributed by atoms with Gasteiger partial charge in [-0.3, -0.25) is 4.79 Å². The van der Waals surface area contributed by atoms with Crippen LogP contribution in [0.3, 0.4) is 0 Å². The highest BCUT2D eigenvalue weighted by Gasteiger charge is 2.06. The molecule has 1 N–H and O–H groups in total. The molecule has 0 aliphatic carbocycles. The Morgan fingerprint density at radius 1 is 1.58 bits per heavy atom. The Kier molecular flexibility index (Phi) is 6.76. The van der Waals surface area contributed by atoms with Crippen molar-refractivity contribution in [1.29, 1.82) is 0 Å². The summed E-state index contributed by atoms with van der Waals surface area (Å²) < 4.78 is 4.98. The van der Waals surface area contributed by atoms with Gasteiger partial charge in [-0.1, -0.05) is 13.3 Å². The molecule has 0 saturated heterocycles. The summed E-state index contributed by atoms with van der Waals surface area (Å²) in [6, 6.07) is 0.208. The number of esters is 1. The molecule has 0 heterocycles. The van der Waals surface area contributed by atoms with E-state index in [1.165, 1.54) is 0 Å². The van der Waals surface area contributed by atoms with Gasteiger partial charge in [0.1, 0.15) is 0 Å². The lowest BCUT2D eigenvalue weighted by molar-refractivity contribution is -0.144. The number of ether oxygens (including phenoxy) is 1. The van der Waals surface area contributed by atoms with Crippen LogP contribution in [-0.2, 0) is 9.53 Å². The highest BCUT2D eigenvalue weighted by molar-refractivity contribution is 5.70. The third-order valence-corrected chi connectivity index (χ3v) is 1.73. The molecule has 0 fully saturated rings. The zero-order valence-electron chi connectivity index (χ0n) is 8.22. The molecule has 0 aromatic rings. The van der Waals surface area contributed by atoms with Crippen LogP contribution >= 0.6 is 0 Å². The van der Waals surface area contributed by atoms with Gasteiger partial charge in [0.15, 0.2) is 0 Å². The van der Waals surface area contributed by atoms with Crippen LogP contribution in [0.15, 0.2) is 0 Å². The summed E-state index contributed by atoms with van der Waals surface area (Å²) in [7, 11) is 1.84. The number of rotatable bonds is 6. The standard InChI is InChI=1S/C9H19NO2/c1-4-5-6-12-9(11)7-8(2)10-3/h8,10H,4-7H2,1-3H3. The molecule has 0 aliphatic heterocycles. The average Bonchev–Trinajstić information content (AvgIpc) is 2.05. The molecule has 0 rings (SSSR count). The fourth-order valence-electron chi connectivity index (χ4n) is 0.741. The van der Waals surface area contributed by atoms with Gasteiger partial charge in [-0.05, 0) is 20.4 Å². The molecule has 0 radical (unpaired) electrons. The van der Waals surface area contributed by atoms with E-state index in [1.807, 2.05) is 14.0 Å². The van der Waals surface area contributed by atoms with E-state index in [-0.39, 0.29) is 12.0 Å². The summed E-state index contributed by atoms with van der Waals surface area (Å²) in [5, 5.41) is 2.99. The van der Waals surface area contributed by atoms with Gasteiger partial charge in [0.2, 0.25) is 0 Å². The molecule has 1 unspecified atom stereocenters. The van der Waals surface area contributed by atoms with E-state index in [1.54, 1.807) is 0 Å². The minimum atomic E-state index is -0.106. The number of hydrogen-bond acceptors (Lipinski definition) is 3. The van der Waals surface area contributed by atoms with Crippen molar-refractivity contribution in [1.82, 2.24) is 5.32 Å². The Morgan fingerprint density at radius 3 is 2.75 bits per heavy atom. The van der Waals surface area contributed by atoms with Crippen LogP contribution in [-0.4, -0.2) is 25.7 Å². The van der Waals surface area contributed by atoms with Gasteiger partial charge >= 0.3 is 5.97 Å². The Bertz CT molecular complexity index is 126. The van der Waals surface area contributed by atoms with Crippen molar-refractivity contribution in [2.45, 2.75) is 39.2 Å². The van der Waals surface area contributed by atoms with Gasteiger partial charge in [0.25, 0.3) is 0 Å². The van der Waals surface area contributed by atoms with Gasteiger partial charge in [0.05, 0.1) is 13.0 Å². The normalized spacial score (nSPS) is 12.6. The molecular weight excluding hydrogens is 154 g/mol. The van der Waals surface area contributed by atoms with Crippen molar-refractivity contribution < 1.29 is 9.53 Å². The SMILES string of the molecule is CCCCOC(=O)CC(C)NC. The molecule has 0 bridgehead atoms. The molecule has 0 aromatic heterocycles. The first-order chi connectivity index (χ1) is 5.70. The van der Waals surface area contributed by atoms with Gasteiger partial charge in [-0.25, -0.2) is 0 Å². The Labute approximate surface area is 74.5 Å². The summed E-state index contributed by atoms with van der Waals surface area (Å²) in [6.07, 6.45) is 2.48. The van der Waals surface area contributed by atoms with Crippen molar-refractivity contribution >= 4 is 5.97 Å². The maximum Gasteiger partial charge on any atom is 0.307 e. The first-order valence-corrected chi connectivity index (χ1v) is 4.53. The number of carbonyl (C=O) groups is 1. The number of nitrogens with one attached hydrogen (secondary N) is 1. The molecule has 12 heavy (non-hydrogen) atoms. The molecule has 72 valence electrons. The highest BCUT2D eigenvalue weighted by Crippen LogP contribution is 1.95. The first kappa shape index (κ1) is 11.4. The van der Waals surface area contributed by atoms with E-state index in [9.17, 15) is 4.79 Å². The topological polar surface area (TPSA) is 38.3 Å². The van der Waals surface area contributed by atoms with Gasteiger partial charge in [0, 0.05) is 6.04 Å². The summed E-state index contributed by atoms with van der Waals surface area (Å²) in [4.78, 5) is 11.0. The Balaban J connectivity index is 3.33.